The predicted molar refractivity (Wildman–Crippen MR) is 149 cm³/mol. The normalized spacial score (nSPS) is 15.3. The number of benzene rings is 2. The van der Waals surface area contributed by atoms with Crippen LogP contribution in [-0.2, 0) is 0 Å². The van der Waals surface area contributed by atoms with Crippen LogP contribution >= 0.6 is 11.6 Å². The minimum absolute atomic E-state index is 0.318. The topological polar surface area (TPSA) is 97.2 Å². The second-order valence-corrected chi connectivity index (χ2v) is 9.47. The lowest BCUT2D eigenvalue weighted by Crippen LogP contribution is -2.25. The van der Waals surface area contributed by atoms with Crippen molar-refractivity contribution in [1.82, 2.24) is 15.0 Å². The molecule has 0 bridgehead atoms. The average Bonchev–Trinajstić information content (AvgIpc) is 3.67. The van der Waals surface area contributed by atoms with E-state index < -0.39 is 0 Å². The van der Waals surface area contributed by atoms with Crippen LogP contribution in [-0.4, -0.2) is 67.7 Å². The van der Waals surface area contributed by atoms with E-state index in [1.54, 1.807) is 19.4 Å². The molecule has 0 amide bonds. The van der Waals surface area contributed by atoms with Crippen molar-refractivity contribution in [3.8, 4) is 17.2 Å². The van der Waals surface area contributed by atoms with Crippen molar-refractivity contribution in [1.29, 1.82) is 0 Å². The zero-order valence-corrected chi connectivity index (χ0v) is 22.2. The van der Waals surface area contributed by atoms with E-state index in [2.05, 4.69) is 30.3 Å². The Labute approximate surface area is 227 Å². The number of methoxy groups -OCH3 is 1. The summed E-state index contributed by atoms with van der Waals surface area (Å²) in [6.07, 6.45) is 6.23. The lowest BCUT2D eigenvalue weighted by Gasteiger charge is -2.20. The van der Waals surface area contributed by atoms with E-state index in [1.807, 2.05) is 36.4 Å². The van der Waals surface area contributed by atoms with E-state index in [0.29, 0.717) is 47.6 Å². The first-order chi connectivity index (χ1) is 18.7. The summed E-state index contributed by atoms with van der Waals surface area (Å²) in [6.45, 7) is 4.52. The Morgan fingerprint density at radius 3 is 2.16 bits per heavy atom. The molecule has 1 N–H and O–H groups in total. The third kappa shape index (κ3) is 6.55. The highest BCUT2D eigenvalue weighted by molar-refractivity contribution is 6.32. The van der Waals surface area contributed by atoms with E-state index in [1.165, 1.54) is 0 Å². The maximum Gasteiger partial charge on any atom is 0.250 e. The van der Waals surface area contributed by atoms with Gasteiger partial charge in [-0.1, -0.05) is 29.8 Å². The number of hydrazone groups is 1. The van der Waals surface area contributed by atoms with Gasteiger partial charge in [0.15, 0.2) is 11.5 Å². The highest BCUT2D eigenvalue weighted by Crippen LogP contribution is 2.36. The van der Waals surface area contributed by atoms with Gasteiger partial charge in [0.1, 0.15) is 19.0 Å². The lowest BCUT2D eigenvalue weighted by atomic mass is 10.2. The molecule has 38 heavy (non-hydrogen) atoms. The number of hydrogen-bond donors (Lipinski definition) is 1. The van der Waals surface area contributed by atoms with Gasteiger partial charge in [0.05, 0.1) is 18.3 Å². The fourth-order valence-electron chi connectivity index (χ4n) is 4.46. The zero-order valence-electron chi connectivity index (χ0n) is 21.5. The molecule has 2 fully saturated rings. The van der Waals surface area contributed by atoms with Gasteiger partial charge in [-0.2, -0.15) is 20.1 Å². The van der Waals surface area contributed by atoms with Gasteiger partial charge in [-0.05, 0) is 55.5 Å². The van der Waals surface area contributed by atoms with Gasteiger partial charge in [0.2, 0.25) is 17.8 Å². The van der Waals surface area contributed by atoms with Crippen LogP contribution in [0.1, 0.15) is 31.2 Å². The summed E-state index contributed by atoms with van der Waals surface area (Å²) in [4.78, 5) is 18.4. The van der Waals surface area contributed by atoms with Crippen LogP contribution < -0.4 is 29.4 Å². The van der Waals surface area contributed by atoms with E-state index in [0.717, 1.165) is 63.2 Å². The van der Waals surface area contributed by atoms with Crippen molar-refractivity contribution >= 4 is 35.7 Å². The summed E-state index contributed by atoms with van der Waals surface area (Å²) in [5.41, 5.74) is 3.71. The molecule has 3 heterocycles. The van der Waals surface area contributed by atoms with Crippen LogP contribution in [0.2, 0.25) is 5.02 Å². The van der Waals surface area contributed by atoms with Crippen LogP contribution in [0.5, 0.6) is 17.2 Å². The minimum atomic E-state index is 0.318. The van der Waals surface area contributed by atoms with Crippen molar-refractivity contribution in [3.63, 3.8) is 0 Å². The molecule has 2 saturated heterocycles. The van der Waals surface area contributed by atoms with E-state index >= 15 is 0 Å². The standard InChI is InChI=1S/C27H32ClN7O3/c1-36-23-18-20(17-22(28)24(23)38-16-15-37-21-9-3-2-4-10-21)19-29-33-25-30-26(34-11-5-6-12-34)32-27(31-25)35-13-7-8-14-35/h2-4,9-10,17-19H,5-8,11-16H2,1H3,(H,30,31,32,33)/b29-19-. The molecule has 0 spiro atoms. The molecule has 0 atom stereocenters. The van der Waals surface area contributed by atoms with Gasteiger partial charge in [-0.3, -0.25) is 0 Å². The second-order valence-electron chi connectivity index (χ2n) is 9.06. The monoisotopic (exact) mass is 537 g/mol. The van der Waals surface area contributed by atoms with Crippen LogP contribution in [0.25, 0.3) is 0 Å². The fourth-order valence-corrected chi connectivity index (χ4v) is 4.73. The molecule has 2 aliphatic rings. The summed E-state index contributed by atoms with van der Waals surface area (Å²) >= 11 is 6.52. The van der Waals surface area contributed by atoms with E-state index in [-0.39, 0.29) is 0 Å². The SMILES string of the molecule is COc1cc(/C=N\Nc2nc(N3CCCC3)nc(N3CCCC3)n2)cc(Cl)c1OCCOc1ccccc1. The summed E-state index contributed by atoms with van der Waals surface area (Å²) < 4.78 is 17.1. The molecule has 3 aromatic rings. The molecule has 0 radical (unpaired) electrons. The van der Waals surface area contributed by atoms with Gasteiger partial charge < -0.3 is 24.0 Å². The number of para-hydroxylation sites is 1. The van der Waals surface area contributed by atoms with Gasteiger partial charge in [0, 0.05) is 26.2 Å². The van der Waals surface area contributed by atoms with Crippen molar-refractivity contribution < 1.29 is 14.2 Å². The third-order valence-electron chi connectivity index (χ3n) is 6.36. The zero-order chi connectivity index (χ0) is 26.2. The first-order valence-electron chi connectivity index (χ1n) is 12.9. The molecule has 0 unspecified atom stereocenters. The maximum absolute atomic E-state index is 6.52. The molecule has 2 aromatic carbocycles. The summed E-state index contributed by atoms with van der Waals surface area (Å²) in [5.74, 6) is 3.55. The Bertz CT molecular complexity index is 1200. The maximum atomic E-state index is 6.52. The van der Waals surface area contributed by atoms with Crippen molar-refractivity contribution in [3.05, 3.63) is 53.1 Å². The molecular weight excluding hydrogens is 506 g/mol. The Balaban J connectivity index is 1.24. The minimum Gasteiger partial charge on any atom is -0.493 e. The smallest absolute Gasteiger partial charge is 0.250 e. The van der Waals surface area contributed by atoms with E-state index in [4.69, 9.17) is 30.8 Å². The number of nitrogens with one attached hydrogen (secondary N) is 1. The molecular formula is C27H32ClN7O3. The molecule has 10 nitrogen and oxygen atoms in total. The fraction of sp³-hybridized carbons (Fsp3) is 0.407. The predicted octanol–water partition coefficient (Wildman–Crippen LogP) is 4.64. The number of ether oxygens (including phenoxy) is 3. The van der Waals surface area contributed by atoms with Crippen LogP contribution in [0.15, 0.2) is 47.6 Å². The summed E-state index contributed by atoms with van der Waals surface area (Å²) in [7, 11) is 1.57. The number of nitrogens with zero attached hydrogens (tertiary/aromatic N) is 6. The number of hydrogen-bond acceptors (Lipinski definition) is 10. The molecule has 2 aliphatic heterocycles. The number of halogens is 1. The highest BCUT2D eigenvalue weighted by Gasteiger charge is 2.21. The van der Waals surface area contributed by atoms with E-state index in [9.17, 15) is 0 Å². The molecule has 0 saturated carbocycles. The Morgan fingerprint density at radius 1 is 0.895 bits per heavy atom. The quantitative estimate of drug-likeness (QED) is 0.213. The molecule has 11 heteroatoms. The Kier molecular flexibility index (Phi) is 8.60. The Hall–Kier alpha value is -3.79. The second kappa shape index (κ2) is 12.6. The third-order valence-corrected chi connectivity index (χ3v) is 6.64. The summed E-state index contributed by atoms with van der Waals surface area (Å²) in [6, 6.07) is 13.1. The van der Waals surface area contributed by atoms with Crippen LogP contribution in [0.4, 0.5) is 17.8 Å². The average molecular weight is 538 g/mol. The number of anilines is 3. The Morgan fingerprint density at radius 2 is 1.53 bits per heavy atom. The molecule has 1 aromatic heterocycles. The van der Waals surface area contributed by atoms with Gasteiger partial charge in [-0.25, -0.2) is 5.43 Å². The van der Waals surface area contributed by atoms with Crippen molar-refractivity contribution in [2.75, 3.05) is 61.7 Å². The van der Waals surface area contributed by atoms with Crippen molar-refractivity contribution in [2.45, 2.75) is 25.7 Å². The van der Waals surface area contributed by atoms with Crippen LogP contribution in [0, 0.1) is 0 Å². The number of aromatic nitrogens is 3. The first kappa shape index (κ1) is 25.8. The first-order valence-corrected chi connectivity index (χ1v) is 13.3. The van der Waals surface area contributed by atoms with Crippen LogP contribution in [0.3, 0.4) is 0 Å². The summed E-state index contributed by atoms with van der Waals surface area (Å²) in [5, 5.41) is 4.78. The van der Waals surface area contributed by atoms with Gasteiger partial charge in [-0.15, -0.1) is 0 Å². The molecule has 0 aliphatic carbocycles. The van der Waals surface area contributed by atoms with Gasteiger partial charge in [0.25, 0.3) is 0 Å². The lowest BCUT2D eigenvalue weighted by molar-refractivity contribution is 0.211. The molecule has 200 valence electrons. The number of rotatable bonds is 11. The van der Waals surface area contributed by atoms with Gasteiger partial charge >= 0.3 is 0 Å². The molecule has 5 rings (SSSR count). The largest absolute Gasteiger partial charge is 0.493 e. The highest BCUT2D eigenvalue weighted by atomic mass is 35.5. The van der Waals surface area contributed by atoms with Crippen molar-refractivity contribution in [2.24, 2.45) is 5.10 Å².